The molecule has 1 aliphatic rings. The van der Waals surface area contributed by atoms with Crippen molar-refractivity contribution in [3.63, 3.8) is 0 Å². The van der Waals surface area contributed by atoms with Crippen LogP contribution in [0.4, 0.5) is 0 Å². The lowest BCUT2D eigenvalue weighted by molar-refractivity contribution is 0.0643. The molecule has 0 bridgehead atoms. The molecule has 2 heterocycles. The quantitative estimate of drug-likeness (QED) is 0.844. The van der Waals surface area contributed by atoms with Crippen molar-refractivity contribution >= 4 is 16.9 Å². The minimum absolute atomic E-state index is 0.115. The van der Waals surface area contributed by atoms with Crippen LogP contribution in [0, 0.1) is 11.8 Å². The lowest BCUT2D eigenvalue weighted by atomic mass is 9.84. The second-order valence-electron chi connectivity index (χ2n) is 7.51. The number of carbonyl (C=O) groups excluding carboxylic acids is 1. The van der Waals surface area contributed by atoms with Gasteiger partial charge in [-0.3, -0.25) is 4.79 Å². The molecule has 0 aliphatic heterocycles. The van der Waals surface area contributed by atoms with Gasteiger partial charge < -0.3 is 10.4 Å². The first-order valence-electron chi connectivity index (χ1n) is 9.32. The maximum absolute atomic E-state index is 12.4. The minimum Gasteiger partial charge on any atom is -0.393 e. The normalized spacial score (nSPS) is 21.0. The summed E-state index contributed by atoms with van der Waals surface area (Å²) in [6, 6.07) is 1.84. The van der Waals surface area contributed by atoms with Gasteiger partial charge in [0.15, 0.2) is 5.65 Å². The Morgan fingerprint density at radius 1 is 1.36 bits per heavy atom. The van der Waals surface area contributed by atoms with E-state index < -0.39 is 0 Å². The van der Waals surface area contributed by atoms with Crippen molar-refractivity contribution in [3.05, 3.63) is 24.0 Å². The van der Waals surface area contributed by atoms with E-state index in [1.54, 1.807) is 12.4 Å². The molecule has 1 aliphatic carbocycles. The fourth-order valence-electron chi connectivity index (χ4n) is 3.57. The van der Waals surface area contributed by atoms with E-state index in [2.05, 4.69) is 29.2 Å². The van der Waals surface area contributed by atoms with Gasteiger partial charge >= 0.3 is 0 Å². The summed E-state index contributed by atoms with van der Waals surface area (Å²) in [5, 5.41) is 18.2. The summed E-state index contributed by atoms with van der Waals surface area (Å²) in [6.45, 7) is 5.67. The zero-order valence-corrected chi connectivity index (χ0v) is 15.1. The summed E-state index contributed by atoms with van der Waals surface area (Å²) in [4.78, 5) is 16.8. The van der Waals surface area contributed by atoms with Crippen LogP contribution in [0.3, 0.4) is 0 Å². The number of hydrogen-bond acceptors (Lipinski definition) is 4. The molecule has 1 saturated carbocycles. The van der Waals surface area contributed by atoms with Crippen molar-refractivity contribution in [3.8, 4) is 0 Å². The van der Waals surface area contributed by atoms with Crippen molar-refractivity contribution in [2.75, 3.05) is 6.54 Å². The minimum atomic E-state index is -0.213. The number of rotatable bonds is 6. The predicted octanol–water partition coefficient (Wildman–Crippen LogP) is 2.76. The molecule has 25 heavy (non-hydrogen) atoms. The third-order valence-corrected chi connectivity index (χ3v) is 4.95. The van der Waals surface area contributed by atoms with Crippen molar-refractivity contribution in [1.82, 2.24) is 20.1 Å². The van der Waals surface area contributed by atoms with Crippen LogP contribution in [-0.4, -0.2) is 38.4 Å². The van der Waals surface area contributed by atoms with Crippen LogP contribution in [0.15, 0.2) is 18.5 Å². The lowest BCUT2D eigenvalue weighted by Gasteiger charge is -2.27. The van der Waals surface area contributed by atoms with Gasteiger partial charge in [0.25, 0.3) is 5.91 Å². The molecule has 3 rings (SSSR count). The first kappa shape index (κ1) is 17.9. The summed E-state index contributed by atoms with van der Waals surface area (Å²) in [6.07, 6.45) is 8.23. The van der Waals surface area contributed by atoms with Crippen LogP contribution < -0.4 is 5.32 Å². The summed E-state index contributed by atoms with van der Waals surface area (Å²) in [5.41, 5.74) is 1.37. The Balaban J connectivity index is 1.58. The highest BCUT2D eigenvalue weighted by Crippen LogP contribution is 2.26. The molecular weight excluding hydrogens is 316 g/mol. The first-order chi connectivity index (χ1) is 12.0. The summed E-state index contributed by atoms with van der Waals surface area (Å²) < 4.78 is 1.88. The Morgan fingerprint density at radius 3 is 2.92 bits per heavy atom. The van der Waals surface area contributed by atoms with Gasteiger partial charge in [0.2, 0.25) is 0 Å². The number of pyridine rings is 1. The molecule has 2 N–H and O–H groups in total. The van der Waals surface area contributed by atoms with Crippen molar-refractivity contribution in [1.29, 1.82) is 0 Å². The van der Waals surface area contributed by atoms with Gasteiger partial charge in [-0.1, -0.05) is 26.7 Å². The van der Waals surface area contributed by atoms with E-state index in [9.17, 15) is 9.90 Å². The molecule has 0 saturated heterocycles. The van der Waals surface area contributed by atoms with Crippen LogP contribution in [-0.2, 0) is 6.54 Å². The lowest BCUT2D eigenvalue weighted by Crippen LogP contribution is -2.31. The van der Waals surface area contributed by atoms with E-state index in [4.69, 9.17) is 0 Å². The molecule has 1 amide bonds. The van der Waals surface area contributed by atoms with E-state index in [1.165, 1.54) is 6.42 Å². The van der Waals surface area contributed by atoms with E-state index in [-0.39, 0.29) is 12.0 Å². The number of hydrogen-bond donors (Lipinski definition) is 2. The van der Waals surface area contributed by atoms with Gasteiger partial charge in [0.05, 0.1) is 17.9 Å². The third kappa shape index (κ3) is 4.37. The number of aliphatic hydroxyl groups excluding tert-OH is 1. The maximum Gasteiger partial charge on any atom is 0.252 e. The van der Waals surface area contributed by atoms with Crippen LogP contribution in [0.5, 0.6) is 0 Å². The molecule has 6 nitrogen and oxygen atoms in total. The van der Waals surface area contributed by atoms with Crippen molar-refractivity contribution in [2.24, 2.45) is 11.8 Å². The standard InChI is InChI=1S/C19H28N4O2/c1-13(2)12-23-18-15(11-22-23)9-16(10-21-18)19(25)20-8-7-14-5-3-4-6-17(14)24/h9-11,13-14,17,24H,3-8,12H2,1-2H3,(H,20,25)/t14-,17-/m0/s1. The van der Waals surface area contributed by atoms with E-state index in [0.29, 0.717) is 23.9 Å². The SMILES string of the molecule is CC(C)Cn1ncc2cc(C(=O)NCC[C@@H]3CCCC[C@@H]3O)cnc21. The van der Waals surface area contributed by atoms with E-state index in [1.807, 2.05) is 10.7 Å². The number of aliphatic hydroxyl groups is 1. The smallest absolute Gasteiger partial charge is 0.252 e. The molecule has 0 aromatic carbocycles. The highest BCUT2D eigenvalue weighted by atomic mass is 16.3. The number of carbonyl (C=O) groups is 1. The van der Waals surface area contributed by atoms with Crippen LogP contribution in [0.2, 0.25) is 0 Å². The molecule has 0 spiro atoms. The Bertz CT molecular complexity index is 725. The van der Waals surface area contributed by atoms with Gasteiger partial charge in [-0.2, -0.15) is 5.10 Å². The predicted molar refractivity (Wildman–Crippen MR) is 97.3 cm³/mol. The molecule has 0 unspecified atom stereocenters. The summed E-state index contributed by atoms with van der Waals surface area (Å²) >= 11 is 0. The first-order valence-corrected chi connectivity index (χ1v) is 9.32. The van der Waals surface area contributed by atoms with Gasteiger partial charge in [-0.05, 0) is 37.2 Å². The molecule has 136 valence electrons. The molecule has 2 atom stereocenters. The molecule has 2 aromatic rings. The van der Waals surface area contributed by atoms with Gasteiger partial charge in [-0.15, -0.1) is 0 Å². The highest BCUT2D eigenvalue weighted by molar-refractivity contribution is 5.96. The second-order valence-corrected chi connectivity index (χ2v) is 7.51. The highest BCUT2D eigenvalue weighted by Gasteiger charge is 2.22. The Labute approximate surface area is 148 Å². The van der Waals surface area contributed by atoms with Crippen molar-refractivity contribution in [2.45, 2.75) is 58.6 Å². The number of aromatic nitrogens is 3. The third-order valence-electron chi connectivity index (χ3n) is 4.95. The number of nitrogens with one attached hydrogen (secondary N) is 1. The Kier molecular flexibility index (Phi) is 5.68. The maximum atomic E-state index is 12.4. The van der Waals surface area contributed by atoms with Crippen LogP contribution in [0.25, 0.3) is 11.0 Å². The summed E-state index contributed by atoms with van der Waals surface area (Å²) in [5.74, 6) is 0.684. The number of fused-ring (bicyclic) bond motifs is 1. The van der Waals surface area contributed by atoms with Gasteiger partial charge in [-0.25, -0.2) is 9.67 Å². The summed E-state index contributed by atoms with van der Waals surface area (Å²) in [7, 11) is 0. The monoisotopic (exact) mass is 344 g/mol. The molecule has 0 radical (unpaired) electrons. The molecular formula is C19H28N4O2. The Hall–Kier alpha value is -1.95. The zero-order chi connectivity index (χ0) is 17.8. The van der Waals surface area contributed by atoms with Crippen LogP contribution >= 0.6 is 0 Å². The average molecular weight is 344 g/mol. The Morgan fingerprint density at radius 2 is 2.16 bits per heavy atom. The van der Waals surface area contributed by atoms with Crippen LogP contribution in [0.1, 0.15) is 56.3 Å². The van der Waals surface area contributed by atoms with E-state index >= 15 is 0 Å². The average Bonchev–Trinajstić information content (AvgIpc) is 2.98. The fraction of sp³-hybridized carbons (Fsp3) is 0.632. The van der Waals surface area contributed by atoms with E-state index in [0.717, 1.165) is 43.3 Å². The number of amides is 1. The molecule has 6 heteroatoms. The zero-order valence-electron chi connectivity index (χ0n) is 15.1. The van der Waals surface area contributed by atoms with Gasteiger partial charge in [0.1, 0.15) is 0 Å². The molecule has 1 fully saturated rings. The number of nitrogens with zero attached hydrogens (tertiary/aromatic N) is 3. The second kappa shape index (κ2) is 7.95. The van der Waals surface area contributed by atoms with Gasteiger partial charge in [0, 0.05) is 24.7 Å². The molecule has 2 aromatic heterocycles. The fourth-order valence-corrected chi connectivity index (χ4v) is 3.57. The van der Waals surface area contributed by atoms with Crippen molar-refractivity contribution < 1.29 is 9.90 Å². The topological polar surface area (TPSA) is 80.0 Å². The largest absolute Gasteiger partial charge is 0.393 e.